The molecule has 0 aromatic heterocycles. The van der Waals surface area contributed by atoms with Gasteiger partial charge in [0.1, 0.15) is 0 Å². The van der Waals surface area contributed by atoms with Gasteiger partial charge in [-0.2, -0.15) is 12.6 Å². The monoisotopic (exact) mass is 424 g/mol. The molecule has 0 bridgehead atoms. The van der Waals surface area contributed by atoms with E-state index in [1.807, 2.05) is 6.92 Å². The normalized spacial score (nSPS) is 28.7. The second-order valence-corrected chi connectivity index (χ2v) is 10.7. The van der Waals surface area contributed by atoms with Gasteiger partial charge in [0, 0.05) is 5.25 Å². The summed E-state index contributed by atoms with van der Waals surface area (Å²) in [6.45, 7) is 13.1. The van der Waals surface area contributed by atoms with Crippen LogP contribution in [0.3, 0.4) is 0 Å². The van der Waals surface area contributed by atoms with E-state index >= 15 is 0 Å². The molecule has 0 saturated carbocycles. The summed E-state index contributed by atoms with van der Waals surface area (Å²) in [4.78, 5) is 0. The quantitative estimate of drug-likeness (QED) is 0.218. The van der Waals surface area contributed by atoms with E-state index in [9.17, 15) is 10.2 Å². The number of hydrogen-bond acceptors (Lipinski definition) is 3. The molecule has 29 heavy (non-hydrogen) atoms. The van der Waals surface area contributed by atoms with Crippen molar-refractivity contribution in [3.05, 3.63) is 23.3 Å². The van der Waals surface area contributed by atoms with Crippen LogP contribution in [0, 0.1) is 17.8 Å². The Bertz CT molecular complexity index is 523. The number of allylic oxidation sites excluding steroid dienone is 2. The average molecular weight is 425 g/mol. The molecule has 0 radical (unpaired) electrons. The third kappa shape index (κ3) is 10.1. The van der Waals surface area contributed by atoms with Crippen molar-refractivity contribution in [3.63, 3.8) is 0 Å². The van der Waals surface area contributed by atoms with E-state index in [1.54, 1.807) is 0 Å². The third-order valence-corrected chi connectivity index (χ3v) is 7.87. The lowest BCUT2D eigenvalue weighted by molar-refractivity contribution is 0.0407. The number of hydrogen-bond donors (Lipinski definition) is 3. The van der Waals surface area contributed by atoms with Crippen molar-refractivity contribution in [2.75, 3.05) is 0 Å². The molecule has 1 aliphatic rings. The van der Waals surface area contributed by atoms with Gasteiger partial charge in [0.2, 0.25) is 0 Å². The first kappa shape index (κ1) is 26.8. The Balaban J connectivity index is 2.28. The van der Waals surface area contributed by atoms with Crippen LogP contribution in [-0.2, 0) is 0 Å². The van der Waals surface area contributed by atoms with Crippen LogP contribution in [0.4, 0.5) is 0 Å². The fraction of sp³-hybridized carbons (Fsp3) is 0.846. The molecule has 0 aromatic rings. The number of aliphatic hydroxyl groups is 2. The molecular weight excluding hydrogens is 376 g/mol. The summed E-state index contributed by atoms with van der Waals surface area (Å²) in [7, 11) is 0. The van der Waals surface area contributed by atoms with Crippen LogP contribution in [0.15, 0.2) is 23.3 Å². The molecule has 2 N–H and O–H groups in total. The van der Waals surface area contributed by atoms with Crippen molar-refractivity contribution >= 4 is 12.6 Å². The van der Waals surface area contributed by atoms with Crippen molar-refractivity contribution in [2.45, 2.75) is 123 Å². The minimum Gasteiger partial charge on any atom is -0.390 e. The molecule has 0 heterocycles. The van der Waals surface area contributed by atoms with Crippen LogP contribution in [-0.4, -0.2) is 27.2 Å². The van der Waals surface area contributed by atoms with E-state index < -0.39 is 5.60 Å². The lowest BCUT2D eigenvalue weighted by atomic mass is 9.78. The lowest BCUT2D eigenvalue weighted by Crippen LogP contribution is -2.34. The summed E-state index contributed by atoms with van der Waals surface area (Å²) < 4.78 is 0. The predicted molar refractivity (Wildman–Crippen MR) is 131 cm³/mol. The molecule has 3 heteroatoms. The van der Waals surface area contributed by atoms with Gasteiger partial charge in [0.15, 0.2) is 0 Å². The molecule has 0 amide bonds. The van der Waals surface area contributed by atoms with Crippen LogP contribution in [0.2, 0.25) is 0 Å². The van der Waals surface area contributed by atoms with Crippen molar-refractivity contribution < 1.29 is 10.2 Å². The summed E-state index contributed by atoms with van der Waals surface area (Å²) >= 11 is 4.82. The highest BCUT2D eigenvalue weighted by molar-refractivity contribution is 7.81. The van der Waals surface area contributed by atoms with Gasteiger partial charge in [-0.15, -0.1) is 0 Å². The number of thiol groups is 1. The summed E-state index contributed by atoms with van der Waals surface area (Å²) in [5, 5.41) is 20.9. The first-order chi connectivity index (χ1) is 13.6. The van der Waals surface area contributed by atoms with E-state index in [2.05, 4.69) is 46.8 Å². The Labute approximate surface area is 186 Å². The SMILES string of the molecule is CCCCC(C)(O)CC/C=C(\C)CCCC(C)CCC1=CC(O)C(C)C(C)C1S. The molecule has 2 nitrogen and oxygen atoms in total. The number of unbranched alkanes of at least 4 members (excludes halogenated alkanes) is 1. The topological polar surface area (TPSA) is 40.5 Å². The lowest BCUT2D eigenvalue weighted by Gasteiger charge is -2.35. The molecule has 0 fully saturated rings. The molecular formula is C26H48O2S. The molecule has 0 saturated heterocycles. The predicted octanol–water partition coefficient (Wildman–Crippen LogP) is 7.11. The summed E-state index contributed by atoms with van der Waals surface area (Å²) in [5.41, 5.74) is 2.28. The zero-order valence-corrected chi connectivity index (χ0v) is 20.8. The molecule has 0 aromatic carbocycles. The fourth-order valence-corrected chi connectivity index (χ4v) is 4.82. The first-order valence-electron chi connectivity index (χ1n) is 12.0. The van der Waals surface area contributed by atoms with Gasteiger partial charge < -0.3 is 10.2 Å². The molecule has 1 rings (SSSR count). The summed E-state index contributed by atoms with van der Waals surface area (Å²) in [6, 6.07) is 0. The highest BCUT2D eigenvalue weighted by atomic mass is 32.1. The van der Waals surface area contributed by atoms with Gasteiger partial charge in [-0.05, 0) is 76.5 Å². The van der Waals surface area contributed by atoms with Gasteiger partial charge in [-0.1, -0.05) is 70.3 Å². The molecule has 6 unspecified atom stereocenters. The largest absolute Gasteiger partial charge is 0.390 e. The molecule has 170 valence electrons. The van der Waals surface area contributed by atoms with E-state index in [0.29, 0.717) is 23.0 Å². The molecule has 0 aliphatic heterocycles. The summed E-state index contributed by atoms with van der Waals surface area (Å²) in [5.74, 6) is 1.42. The van der Waals surface area contributed by atoms with Crippen LogP contribution < -0.4 is 0 Å². The van der Waals surface area contributed by atoms with Gasteiger partial charge in [0.05, 0.1) is 11.7 Å². The van der Waals surface area contributed by atoms with Crippen molar-refractivity contribution in [2.24, 2.45) is 17.8 Å². The second kappa shape index (κ2) is 13.2. The zero-order valence-electron chi connectivity index (χ0n) is 20.0. The maximum Gasteiger partial charge on any atom is 0.0752 e. The Kier molecular flexibility index (Phi) is 12.2. The van der Waals surface area contributed by atoms with E-state index in [0.717, 1.165) is 44.9 Å². The Morgan fingerprint density at radius 1 is 1.21 bits per heavy atom. The highest BCUT2D eigenvalue weighted by Gasteiger charge is 2.31. The van der Waals surface area contributed by atoms with E-state index in [1.165, 1.54) is 30.4 Å². The minimum atomic E-state index is -0.511. The maximum atomic E-state index is 10.4. The third-order valence-electron chi connectivity index (χ3n) is 7.07. The standard InChI is InChI=1S/C26H48O2S/c1-7-8-16-26(6,28)17-10-13-19(2)11-9-12-20(3)14-15-23-18-24(27)21(4)22(5)25(23)29/h13,18,20-22,24-25,27-29H,7-12,14-17H2,1-6H3/b19-13+. The van der Waals surface area contributed by atoms with Crippen LogP contribution in [0.1, 0.15) is 106 Å². The summed E-state index contributed by atoms with van der Waals surface area (Å²) in [6.07, 6.45) is 15.0. The van der Waals surface area contributed by atoms with Crippen molar-refractivity contribution in [3.8, 4) is 0 Å². The average Bonchev–Trinajstić information content (AvgIpc) is 2.66. The molecule has 6 atom stereocenters. The van der Waals surface area contributed by atoms with Gasteiger partial charge >= 0.3 is 0 Å². The highest BCUT2D eigenvalue weighted by Crippen LogP contribution is 2.36. The van der Waals surface area contributed by atoms with E-state index in [4.69, 9.17) is 12.6 Å². The minimum absolute atomic E-state index is 0.292. The van der Waals surface area contributed by atoms with Crippen molar-refractivity contribution in [1.29, 1.82) is 0 Å². The Hall–Kier alpha value is -0.250. The Morgan fingerprint density at radius 2 is 1.90 bits per heavy atom. The molecule has 1 aliphatic carbocycles. The smallest absolute Gasteiger partial charge is 0.0752 e. The maximum absolute atomic E-state index is 10.4. The Morgan fingerprint density at radius 3 is 2.55 bits per heavy atom. The number of aliphatic hydroxyl groups excluding tert-OH is 1. The second-order valence-electron chi connectivity index (χ2n) is 10.1. The molecule has 0 spiro atoms. The van der Waals surface area contributed by atoms with E-state index in [-0.39, 0.29) is 6.10 Å². The van der Waals surface area contributed by atoms with Crippen LogP contribution >= 0.6 is 12.6 Å². The first-order valence-corrected chi connectivity index (χ1v) is 12.5. The number of rotatable bonds is 13. The van der Waals surface area contributed by atoms with Gasteiger partial charge in [-0.25, -0.2) is 0 Å². The fourth-order valence-electron chi connectivity index (χ4n) is 4.34. The van der Waals surface area contributed by atoms with Gasteiger partial charge in [0.25, 0.3) is 0 Å². The van der Waals surface area contributed by atoms with Crippen LogP contribution in [0.25, 0.3) is 0 Å². The van der Waals surface area contributed by atoms with Crippen molar-refractivity contribution in [1.82, 2.24) is 0 Å². The zero-order chi connectivity index (χ0) is 22.0. The van der Waals surface area contributed by atoms with Gasteiger partial charge in [-0.3, -0.25) is 0 Å². The van der Waals surface area contributed by atoms with Crippen LogP contribution in [0.5, 0.6) is 0 Å².